The van der Waals surface area contributed by atoms with Crippen LogP contribution in [0.1, 0.15) is 26.5 Å². The van der Waals surface area contributed by atoms with Crippen molar-refractivity contribution in [2.75, 3.05) is 0 Å². The van der Waals surface area contributed by atoms with Crippen LogP contribution in [0.3, 0.4) is 0 Å². The van der Waals surface area contributed by atoms with Crippen molar-refractivity contribution >= 4 is 5.78 Å². The van der Waals surface area contributed by atoms with E-state index in [1.165, 1.54) is 0 Å². The maximum absolute atomic E-state index is 10.8. The molecule has 0 amide bonds. The summed E-state index contributed by atoms with van der Waals surface area (Å²) in [6, 6.07) is 3.66. The third kappa shape index (κ3) is 3.56. The second kappa shape index (κ2) is 4.74. The Balaban J connectivity index is 2.63. The number of rotatable bonds is 4. The van der Waals surface area contributed by atoms with Gasteiger partial charge in [-0.2, -0.15) is 0 Å². The molecule has 0 aliphatic rings. The van der Waals surface area contributed by atoms with Gasteiger partial charge in [-0.25, -0.2) is 0 Å². The van der Waals surface area contributed by atoms with Gasteiger partial charge in [-0.3, -0.25) is 9.78 Å². The molecule has 0 spiro atoms. The van der Waals surface area contributed by atoms with E-state index in [2.05, 4.69) is 4.98 Å². The average molecular weight is 193 g/mol. The molecule has 0 N–H and O–H groups in total. The zero-order valence-corrected chi connectivity index (χ0v) is 8.78. The summed E-state index contributed by atoms with van der Waals surface area (Å²) in [6.07, 6.45) is 2.19. The lowest BCUT2D eigenvalue weighted by Crippen LogP contribution is -2.06. The molecule has 3 nitrogen and oxygen atoms in total. The molecule has 1 aromatic heterocycles. The van der Waals surface area contributed by atoms with Gasteiger partial charge in [0, 0.05) is 12.1 Å². The van der Waals surface area contributed by atoms with E-state index in [1.54, 1.807) is 13.1 Å². The largest absolute Gasteiger partial charge is 0.489 e. The van der Waals surface area contributed by atoms with Gasteiger partial charge in [0.25, 0.3) is 0 Å². The average Bonchev–Trinajstić information content (AvgIpc) is 2.06. The van der Waals surface area contributed by atoms with E-state index in [4.69, 9.17) is 4.74 Å². The summed E-state index contributed by atoms with van der Waals surface area (Å²) in [6.45, 7) is 5.48. The van der Waals surface area contributed by atoms with Crippen molar-refractivity contribution in [1.82, 2.24) is 4.98 Å². The predicted molar refractivity (Wildman–Crippen MR) is 54.4 cm³/mol. The van der Waals surface area contributed by atoms with E-state index in [9.17, 15) is 4.79 Å². The standard InChI is InChI=1S/C11H15NO2/c1-8(2)14-11-5-4-10(12-7-11)6-9(3)13/h4-5,7-8H,6H2,1-3H3. The summed E-state index contributed by atoms with van der Waals surface area (Å²) in [5.74, 6) is 0.863. The van der Waals surface area contributed by atoms with Crippen LogP contribution >= 0.6 is 0 Å². The molecule has 0 aliphatic carbocycles. The molecule has 1 heterocycles. The van der Waals surface area contributed by atoms with Gasteiger partial charge in [0.15, 0.2) is 0 Å². The normalized spacial score (nSPS) is 10.3. The van der Waals surface area contributed by atoms with E-state index in [0.29, 0.717) is 6.42 Å². The Bertz CT molecular complexity index is 304. The summed E-state index contributed by atoms with van der Waals surface area (Å²) in [7, 11) is 0. The number of ketones is 1. The lowest BCUT2D eigenvalue weighted by atomic mass is 10.2. The van der Waals surface area contributed by atoms with Crippen LogP contribution in [0.25, 0.3) is 0 Å². The highest BCUT2D eigenvalue weighted by molar-refractivity contribution is 5.77. The fourth-order valence-corrected chi connectivity index (χ4v) is 1.11. The molecular formula is C11H15NO2. The molecular weight excluding hydrogens is 178 g/mol. The summed E-state index contributed by atoms with van der Waals surface area (Å²) in [5, 5.41) is 0. The van der Waals surface area contributed by atoms with Crippen LogP contribution in [0, 0.1) is 0 Å². The molecule has 14 heavy (non-hydrogen) atoms. The molecule has 0 saturated carbocycles. The highest BCUT2D eigenvalue weighted by atomic mass is 16.5. The number of pyridine rings is 1. The van der Waals surface area contributed by atoms with Crippen LogP contribution in [0.5, 0.6) is 5.75 Å². The minimum Gasteiger partial charge on any atom is -0.489 e. The summed E-state index contributed by atoms with van der Waals surface area (Å²) < 4.78 is 5.43. The first-order valence-electron chi connectivity index (χ1n) is 4.69. The van der Waals surface area contributed by atoms with E-state index < -0.39 is 0 Å². The summed E-state index contributed by atoms with van der Waals surface area (Å²) in [4.78, 5) is 14.9. The highest BCUT2D eigenvalue weighted by Crippen LogP contribution is 2.11. The molecule has 76 valence electrons. The third-order valence-corrected chi connectivity index (χ3v) is 1.60. The van der Waals surface area contributed by atoms with Gasteiger partial charge in [0.1, 0.15) is 11.5 Å². The minimum absolute atomic E-state index is 0.120. The van der Waals surface area contributed by atoms with Crippen LogP contribution in [0.2, 0.25) is 0 Å². The number of hydrogen-bond donors (Lipinski definition) is 0. The molecule has 0 atom stereocenters. The van der Waals surface area contributed by atoms with Crippen molar-refractivity contribution in [1.29, 1.82) is 0 Å². The lowest BCUT2D eigenvalue weighted by molar-refractivity contribution is -0.116. The first kappa shape index (κ1) is 10.7. The van der Waals surface area contributed by atoms with Crippen molar-refractivity contribution in [3.63, 3.8) is 0 Å². The second-order valence-electron chi connectivity index (χ2n) is 3.53. The van der Waals surface area contributed by atoms with Gasteiger partial charge in [-0.15, -0.1) is 0 Å². The molecule has 1 aromatic rings. The van der Waals surface area contributed by atoms with Crippen LogP contribution < -0.4 is 4.74 Å². The number of nitrogens with zero attached hydrogens (tertiary/aromatic N) is 1. The number of ether oxygens (including phenoxy) is 1. The minimum atomic E-state index is 0.120. The van der Waals surface area contributed by atoms with Crippen LogP contribution in [-0.4, -0.2) is 16.9 Å². The third-order valence-electron chi connectivity index (χ3n) is 1.60. The molecule has 1 rings (SSSR count). The van der Waals surface area contributed by atoms with E-state index in [1.807, 2.05) is 26.0 Å². The fraction of sp³-hybridized carbons (Fsp3) is 0.455. The Labute approximate surface area is 84.1 Å². The van der Waals surface area contributed by atoms with Crippen LogP contribution in [0.15, 0.2) is 18.3 Å². The first-order chi connectivity index (χ1) is 6.58. The number of carbonyl (C=O) groups is 1. The van der Waals surface area contributed by atoms with Gasteiger partial charge in [-0.1, -0.05) is 0 Å². The zero-order valence-electron chi connectivity index (χ0n) is 8.78. The van der Waals surface area contributed by atoms with E-state index in [0.717, 1.165) is 11.4 Å². The molecule has 0 aliphatic heterocycles. The number of carbonyl (C=O) groups excluding carboxylic acids is 1. The van der Waals surface area contributed by atoms with Crippen molar-refractivity contribution in [2.24, 2.45) is 0 Å². The Morgan fingerprint density at radius 1 is 1.50 bits per heavy atom. The van der Waals surface area contributed by atoms with Crippen LogP contribution in [0.4, 0.5) is 0 Å². The Hall–Kier alpha value is -1.38. The molecule has 3 heteroatoms. The molecule has 0 saturated heterocycles. The quantitative estimate of drug-likeness (QED) is 0.734. The molecule has 0 fully saturated rings. The topological polar surface area (TPSA) is 39.2 Å². The zero-order chi connectivity index (χ0) is 10.6. The van der Waals surface area contributed by atoms with Crippen molar-refractivity contribution in [3.05, 3.63) is 24.0 Å². The van der Waals surface area contributed by atoms with Crippen LogP contribution in [-0.2, 0) is 11.2 Å². The van der Waals surface area contributed by atoms with Gasteiger partial charge in [0.05, 0.1) is 12.3 Å². The van der Waals surface area contributed by atoms with Gasteiger partial charge < -0.3 is 4.74 Å². The lowest BCUT2D eigenvalue weighted by Gasteiger charge is -2.08. The van der Waals surface area contributed by atoms with Crippen molar-refractivity contribution in [3.8, 4) is 5.75 Å². The highest BCUT2D eigenvalue weighted by Gasteiger charge is 2.01. The van der Waals surface area contributed by atoms with Crippen molar-refractivity contribution in [2.45, 2.75) is 33.3 Å². The Kier molecular flexibility index (Phi) is 3.63. The predicted octanol–water partition coefficient (Wildman–Crippen LogP) is 2.00. The molecule has 0 radical (unpaired) electrons. The molecule has 0 bridgehead atoms. The number of hydrogen-bond acceptors (Lipinski definition) is 3. The first-order valence-corrected chi connectivity index (χ1v) is 4.69. The van der Waals surface area contributed by atoms with Gasteiger partial charge in [-0.05, 0) is 32.9 Å². The molecule has 0 unspecified atom stereocenters. The SMILES string of the molecule is CC(=O)Cc1ccc(OC(C)C)cn1. The van der Waals surface area contributed by atoms with E-state index >= 15 is 0 Å². The number of Topliss-reactive ketones (excluding diaryl/α,β-unsaturated/α-hetero) is 1. The second-order valence-corrected chi connectivity index (χ2v) is 3.53. The monoisotopic (exact) mass is 193 g/mol. The van der Waals surface area contributed by atoms with E-state index in [-0.39, 0.29) is 11.9 Å². The molecule has 0 aromatic carbocycles. The van der Waals surface area contributed by atoms with Gasteiger partial charge in [0.2, 0.25) is 0 Å². The maximum atomic E-state index is 10.8. The number of aromatic nitrogens is 1. The smallest absolute Gasteiger partial charge is 0.137 e. The summed E-state index contributed by atoms with van der Waals surface area (Å²) >= 11 is 0. The fourth-order valence-electron chi connectivity index (χ4n) is 1.11. The van der Waals surface area contributed by atoms with Gasteiger partial charge >= 0.3 is 0 Å². The Morgan fingerprint density at radius 2 is 2.21 bits per heavy atom. The Morgan fingerprint density at radius 3 is 2.64 bits per heavy atom. The summed E-state index contributed by atoms with van der Waals surface area (Å²) in [5.41, 5.74) is 0.786. The maximum Gasteiger partial charge on any atom is 0.137 e. The van der Waals surface area contributed by atoms with Crippen molar-refractivity contribution < 1.29 is 9.53 Å².